The topological polar surface area (TPSA) is 57.2 Å². The van der Waals surface area contributed by atoms with Gasteiger partial charge in [-0.1, -0.05) is 20.8 Å². The molecule has 0 spiro atoms. The summed E-state index contributed by atoms with van der Waals surface area (Å²) in [6, 6.07) is 0. The van der Waals surface area contributed by atoms with Gasteiger partial charge in [-0.25, -0.2) is 0 Å². The summed E-state index contributed by atoms with van der Waals surface area (Å²) in [4.78, 5) is 21.4. The maximum Gasteiger partial charge on any atom is 0.144 e. The Morgan fingerprint density at radius 2 is 1.82 bits per heavy atom. The van der Waals surface area contributed by atoms with Crippen LogP contribution in [0.4, 0.5) is 0 Å². The highest BCUT2D eigenvalue weighted by atomic mass is 16.4. The van der Waals surface area contributed by atoms with Gasteiger partial charge in [0.2, 0.25) is 0 Å². The Balaban J connectivity index is 4.27. The summed E-state index contributed by atoms with van der Waals surface area (Å²) < 4.78 is 0. The smallest absolute Gasteiger partial charge is 0.144 e. The van der Waals surface area contributed by atoms with E-state index in [2.05, 4.69) is 0 Å². The molecule has 0 aliphatic carbocycles. The first-order valence-electron chi connectivity index (χ1n) is 3.75. The third-order valence-electron chi connectivity index (χ3n) is 1.61. The molecule has 0 aliphatic heterocycles. The van der Waals surface area contributed by atoms with Gasteiger partial charge in [-0.3, -0.25) is 4.79 Å². The summed E-state index contributed by atoms with van der Waals surface area (Å²) in [6.07, 6.45) is 0.319. The van der Waals surface area contributed by atoms with Gasteiger partial charge in [-0.05, 0) is 6.42 Å². The molecule has 11 heavy (non-hydrogen) atoms. The van der Waals surface area contributed by atoms with Crippen molar-refractivity contribution < 1.29 is 14.7 Å². The van der Waals surface area contributed by atoms with Crippen LogP contribution in [0.1, 0.15) is 27.2 Å². The van der Waals surface area contributed by atoms with Crippen LogP contribution in [0.2, 0.25) is 0 Å². The van der Waals surface area contributed by atoms with E-state index in [4.69, 9.17) is 0 Å². The Bertz CT molecular complexity index is 161. The Morgan fingerprint density at radius 1 is 1.36 bits per heavy atom. The predicted octanol–water partition coefficient (Wildman–Crippen LogP) is -0.0124. The number of carboxylic acids is 1. The van der Waals surface area contributed by atoms with Gasteiger partial charge in [0.15, 0.2) is 0 Å². The van der Waals surface area contributed by atoms with Crippen LogP contribution in [0.25, 0.3) is 0 Å². The van der Waals surface area contributed by atoms with Gasteiger partial charge in [0.1, 0.15) is 5.78 Å². The molecule has 0 saturated heterocycles. The van der Waals surface area contributed by atoms with Gasteiger partial charge in [-0.2, -0.15) is 0 Å². The van der Waals surface area contributed by atoms with Crippen LogP contribution < -0.4 is 5.11 Å². The molecule has 64 valence electrons. The van der Waals surface area contributed by atoms with Crippen LogP contribution in [0.5, 0.6) is 0 Å². The van der Waals surface area contributed by atoms with E-state index >= 15 is 0 Å². The van der Waals surface area contributed by atoms with Gasteiger partial charge in [0.05, 0.1) is 11.9 Å². The predicted molar refractivity (Wildman–Crippen MR) is 38.6 cm³/mol. The number of hydrogen-bond donors (Lipinski definition) is 0. The van der Waals surface area contributed by atoms with Gasteiger partial charge in [-0.15, -0.1) is 0 Å². The number of rotatable bonds is 4. The van der Waals surface area contributed by atoms with Crippen LogP contribution in [-0.2, 0) is 9.59 Å². The van der Waals surface area contributed by atoms with Crippen molar-refractivity contribution in [1.29, 1.82) is 0 Å². The highest BCUT2D eigenvalue weighted by Crippen LogP contribution is 2.09. The minimum absolute atomic E-state index is 0.224. The SMILES string of the molecule is CCC(C(=O)[O-])C(=O)C(C)C. The molecule has 0 amide bonds. The number of aliphatic carboxylic acids is 1. The molecule has 0 rings (SSSR count). The highest BCUT2D eigenvalue weighted by Gasteiger charge is 2.19. The van der Waals surface area contributed by atoms with Crippen LogP contribution in [0, 0.1) is 11.8 Å². The molecule has 3 heteroatoms. The first-order chi connectivity index (χ1) is 5.00. The fraction of sp³-hybridized carbons (Fsp3) is 0.750. The maximum atomic E-state index is 11.1. The Kier molecular flexibility index (Phi) is 3.79. The summed E-state index contributed by atoms with van der Waals surface area (Å²) >= 11 is 0. The number of Topliss-reactive ketones (excluding diaryl/α,β-unsaturated/α-hetero) is 1. The van der Waals surface area contributed by atoms with E-state index in [1.807, 2.05) is 0 Å². The van der Waals surface area contributed by atoms with Gasteiger partial charge in [0, 0.05) is 5.92 Å². The third kappa shape index (κ3) is 2.70. The molecule has 0 aliphatic rings. The second-order valence-corrected chi connectivity index (χ2v) is 2.84. The quantitative estimate of drug-likeness (QED) is 0.539. The molecule has 0 fully saturated rings. The van der Waals surface area contributed by atoms with Gasteiger partial charge >= 0.3 is 0 Å². The van der Waals surface area contributed by atoms with Crippen LogP contribution in [0.3, 0.4) is 0 Å². The van der Waals surface area contributed by atoms with E-state index in [1.165, 1.54) is 0 Å². The lowest BCUT2D eigenvalue weighted by atomic mass is 9.93. The average molecular weight is 157 g/mol. The number of ketones is 1. The largest absolute Gasteiger partial charge is 0.549 e. The van der Waals surface area contributed by atoms with E-state index in [0.717, 1.165) is 0 Å². The van der Waals surface area contributed by atoms with Crippen molar-refractivity contribution in [3.63, 3.8) is 0 Å². The molecular formula is C8H13O3-. The normalized spacial score (nSPS) is 13.1. The second kappa shape index (κ2) is 4.11. The van der Waals surface area contributed by atoms with Crippen molar-refractivity contribution in [3.8, 4) is 0 Å². The molecule has 0 aromatic heterocycles. The van der Waals surface area contributed by atoms with E-state index < -0.39 is 11.9 Å². The fourth-order valence-electron chi connectivity index (χ4n) is 0.886. The summed E-state index contributed by atoms with van der Waals surface area (Å²) in [5, 5.41) is 10.3. The van der Waals surface area contributed by atoms with Crippen molar-refractivity contribution in [2.45, 2.75) is 27.2 Å². The van der Waals surface area contributed by atoms with Crippen molar-refractivity contribution in [2.75, 3.05) is 0 Å². The molecule has 0 N–H and O–H groups in total. The van der Waals surface area contributed by atoms with Gasteiger partial charge < -0.3 is 9.90 Å². The zero-order chi connectivity index (χ0) is 9.02. The van der Waals surface area contributed by atoms with E-state index in [9.17, 15) is 14.7 Å². The van der Waals surface area contributed by atoms with E-state index in [-0.39, 0.29) is 11.7 Å². The Labute approximate surface area is 66.4 Å². The lowest BCUT2D eigenvalue weighted by molar-refractivity contribution is -0.310. The monoisotopic (exact) mass is 157 g/mol. The molecule has 0 aromatic rings. The summed E-state index contributed by atoms with van der Waals surface area (Å²) in [6.45, 7) is 5.04. The zero-order valence-electron chi connectivity index (χ0n) is 7.09. The maximum absolute atomic E-state index is 11.1. The number of carboxylic acid groups (broad SMARTS) is 1. The fourth-order valence-corrected chi connectivity index (χ4v) is 0.886. The molecule has 1 atom stereocenters. The van der Waals surface area contributed by atoms with Crippen molar-refractivity contribution in [3.05, 3.63) is 0 Å². The van der Waals surface area contributed by atoms with Crippen LogP contribution in [0.15, 0.2) is 0 Å². The minimum atomic E-state index is -1.26. The third-order valence-corrected chi connectivity index (χ3v) is 1.61. The number of carbonyl (C=O) groups is 2. The molecule has 3 nitrogen and oxygen atoms in total. The lowest BCUT2D eigenvalue weighted by Crippen LogP contribution is -2.37. The van der Waals surface area contributed by atoms with E-state index in [1.54, 1.807) is 20.8 Å². The molecule has 0 aromatic carbocycles. The van der Waals surface area contributed by atoms with Crippen LogP contribution >= 0.6 is 0 Å². The van der Waals surface area contributed by atoms with Gasteiger partial charge in [0.25, 0.3) is 0 Å². The minimum Gasteiger partial charge on any atom is -0.549 e. The molecule has 0 bridgehead atoms. The highest BCUT2D eigenvalue weighted by molar-refractivity contribution is 5.98. The molecule has 1 unspecified atom stereocenters. The number of carbonyl (C=O) groups excluding carboxylic acids is 2. The van der Waals surface area contributed by atoms with Crippen molar-refractivity contribution in [1.82, 2.24) is 0 Å². The first kappa shape index (κ1) is 10.1. The average Bonchev–Trinajstić information content (AvgIpc) is 1.88. The Hall–Kier alpha value is -0.860. The first-order valence-corrected chi connectivity index (χ1v) is 3.75. The van der Waals surface area contributed by atoms with Crippen molar-refractivity contribution in [2.24, 2.45) is 11.8 Å². The zero-order valence-corrected chi connectivity index (χ0v) is 7.09. The van der Waals surface area contributed by atoms with Crippen molar-refractivity contribution >= 4 is 11.8 Å². The summed E-state index contributed by atoms with van der Waals surface area (Å²) in [7, 11) is 0. The summed E-state index contributed by atoms with van der Waals surface area (Å²) in [5.41, 5.74) is 0. The van der Waals surface area contributed by atoms with E-state index in [0.29, 0.717) is 6.42 Å². The second-order valence-electron chi connectivity index (χ2n) is 2.84. The molecule has 0 saturated carbocycles. The standard InChI is InChI=1S/C8H14O3/c1-4-6(8(10)11)7(9)5(2)3/h5-6H,4H2,1-3H3,(H,10,11)/p-1. The number of hydrogen-bond acceptors (Lipinski definition) is 3. The molecular weight excluding hydrogens is 144 g/mol. The molecule has 0 radical (unpaired) electrons. The van der Waals surface area contributed by atoms with Crippen LogP contribution in [-0.4, -0.2) is 11.8 Å². The Morgan fingerprint density at radius 3 is 1.91 bits per heavy atom. The lowest BCUT2D eigenvalue weighted by Gasteiger charge is -2.16. The summed E-state index contributed by atoms with van der Waals surface area (Å²) in [5.74, 6) is -2.65. The molecule has 0 heterocycles.